The summed E-state index contributed by atoms with van der Waals surface area (Å²) in [5, 5.41) is 0. The van der Waals surface area contributed by atoms with Gasteiger partial charge < -0.3 is 4.74 Å². The number of carbonyl (C=O) groups is 1. The van der Waals surface area contributed by atoms with Crippen LogP contribution < -0.4 is 0 Å². The molecule has 1 aromatic rings. The van der Waals surface area contributed by atoms with Crippen LogP contribution in [-0.4, -0.2) is 43.1 Å². The predicted molar refractivity (Wildman–Crippen MR) is 97.6 cm³/mol. The first-order valence-corrected chi connectivity index (χ1v) is 10.9. The highest BCUT2D eigenvalue weighted by Gasteiger charge is 2.16. The van der Waals surface area contributed by atoms with Crippen LogP contribution in [0, 0.1) is 0 Å². The zero-order chi connectivity index (χ0) is 18.9. The number of rotatable bonds is 12. The van der Waals surface area contributed by atoms with E-state index in [0.29, 0.717) is 50.7 Å². The fraction of sp³-hybridized carbons (Fsp3) is 0.625. The highest BCUT2D eigenvalue weighted by molar-refractivity contribution is 7.44. The maximum Gasteiger partial charge on any atom is 0.697 e. The average Bonchev–Trinajstić information content (AvgIpc) is 2.61. The van der Waals surface area contributed by atoms with Gasteiger partial charge in [0.15, 0.2) is 5.78 Å². The van der Waals surface area contributed by atoms with Crippen LogP contribution in [0.1, 0.15) is 44.0 Å². The molecule has 1 atom stereocenters. The third-order valence-electron chi connectivity index (χ3n) is 2.70. The fourth-order valence-electron chi connectivity index (χ4n) is 1.59. The van der Waals surface area contributed by atoms with Crippen molar-refractivity contribution >= 4 is 21.8 Å². The summed E-state index contributed by atoms with van der Waals surface area (Å²) in [6, 6.07) is 3.48. The van der Waals surface area contributed by atoms with Crippen LogP contribution >= 0.6 is 16.1 Å². The lowest BCUT2D eigenvalue weighted by atomic mass is 10.1. The maximum absolute atomic E-state index is 11.7. The topological polar surface area (TPSA) is 91.8 Å². The molecule has 0 bridgehead atoms. The summed E-state index contributed by atoms with van der Waals surface area (Å²) >= 11 is 0. The average molecular weight is 391 g/mol. The van der Waals surface area contributed by atoms with Gasteiger partial charge in [0.05, 0.1) is 0 Å². The summed E-state index contributed by atoms with van der Waals surface area (Å²) in [6.07, 6.45) is 5.08. The van der Waals surface area contributed by atoms with E-state index in [9.17, 15) is 13.9 Å². The first kappa shape index (κ1) is 23.9. The molecule has 0 fully saturated rings. The normalized spacial score (nSPS) is 10.6. The monoisotopic (exact) mass is 391 g/mol. The van der Waals surface area contributed by atoms with Crippen molar-refractivity contribution in [1.29, 1.82) is 0 Å². The maximum atomic E-state index is 11.7. The number of carbonyl (C=O) groups excluding carboxylic acids is 1. The number of aromatic nitrogens is 1. The molecule has 9 heteroatoms. The minimum absolute atomic E-state index is 0.0536. The molecule has 0 saturated heterocycles. The van der Waals surface area contributed by atoms with E-state index in [1.54, 1.807) is 38.4 Å². The van der Waals surface area contributed by atoms with Crippen molar-refractivity contribution in [3.8, 4) is 0 Å². The Balaban J connectivity index is 0.000000609. The summed E-state index contributed by atoms with van der Waals surface area (Å²) in [7, 11) is -3.16. The van der Waals surface area contributed by atoms with Gasteiger partial charge in [-0.05, 0) is 39.3 Å². The van der Waals surface area contributed by atoms with E-state index in [0.717, 1.165) is 0 Å². The van der Waals surface area contributed by atoms with Crippen LogP contribution in [0.5, 0.6) is 0 Å². The van der Waals surface area contributed by atoms with E-state index in [1.165, 1.54) is 0 Å². The standard InChI is InChI=1S/C12H17NO3P.C4H10O3P/c1-2-16-10-17(15)8-4-6-12(14)11-5-3-7-13-9-11;1-3-6-8(5)7-4-2/h3,5,7,9H,2,4,6,8,10H2,1H3;3-4H2,1-2H3/q2*+1. The molecule has 0 saturated carbocycles. The third-order valence-corrected chi connectivity index (χ3v) is 4.93. The minimum Gasteiger partial charge on any atom is -0.338 e. The zero-order valence-corrected chi connectivity index (χ0v) is 16.8. The van der Waals surface area contributed by atoms with Crippen molar-refractivity contribution in [2.75, 3.05) is 32.3 Å². The summed E-state index contributed by atoms with van der Waals surface area (Å²) in [5.74, 6) is 0.0536. The molecule has 0 N–H and O–H groups in total. The highest BCUT2D eigenvalue weighted by atomic mass is 31.1. The van der Waals surface area contributed by atoms with Crippen LogP contribution in [0.25, 0.3) is 0 Å². The molecule has 140 valence electrons. The van der Waals surface area contributed by atoms with Crippen LogP contribution in [0.2, 0.25) is 0 Å². The second-order valence-corrected chi connectivity index (χ2v) is 7.29. The van der Waals surface area contributed by atoms with Crippen molar-refractivity contribution in [2.24, 2.45) is 0 Å². The van der Waals surface area contributed by atoms with Gasteiger partial charge in [-0.25, -0.2) is 0 Å². The van der Waals surface area contributed by atoms with Crippen molar-refractivity contribution in [3.05, 3.63) is 30.1 Å². The molecule has 1 aromatic heterocycles. The minimum atomic E-state index is -1.83. The SMILES string of the molecule is CCOC[P+](=O)CCCC(=O)c1cccnc1.CCO[P+](=O)OCC. The van der Waals surface area contributed by atoms with Crippen molar-refractivity contribution < 1.29 is 27.7 Å². The van der Waals surface area contributed by atoms with E-state index in [4.69, 9.17) is 4.74 Å². The number of ether oxygens (including phenoxy) is 1. The Hall–Kier alpha value is -1.10. The number of hydrogen-bond acceptors (Lipinski definition) is 7. The van der Waals surface area contributed by atoms with Gasteiger partial charge in [0.2, 0.25) is 6.35 Å². The first-order chi connectivity index (χ1) is 12.0. The molecule has 0 aromatic carbocycles. The molecular weight excluding hydrogens is 364 g/mol. The van der Waals surface area contributed by atoms with E-state index >= 15 is 0 Å². The molecule has 1 unspecified atom stereocenters. The second kappa shape index (κ2) is 16.4. The largest absolute Gasteiger partial charge is 0.697 e. The Morgan fingerprint density at radius 1 is 1.12 bits per heavy atom. The lowest BCUT2D eigenvalue weighted by Crippen LogP contribution is -2.00. The van der Waals surface area contributed by atoms with Gasteiger partial charge in [-0.15, -0.1) is 9.05 Å². The van der Waals surface area contributed by atoms with Crippen LogP contribution in [0.3, 0.4) is 0 Å². The molecular formula is C16H27NO6P2+2. The number of nitrogens with zero attached hydrogens (tertiary/aromatic N) is 1. The Labute approximate surface area is 151 Å². The van der Waals surface area contributed by atoms with Crippen LogP contribution in [-0.2, 0) is 22.9 Å². The highest BCUT2D eigenvalue weighted by Crippen LogP contribution is 2.22. The third kappa shape index (κ3) is 13.8. The lowest BCUT2D eigenvalue weighted by molar-refractivity contribution is 0.0981. The van der Waals surface area contributed by atoms with Gasteiger partial charge in [-0.3, -0.25) is 9.78 Å². The summed E-state index contributed by atoms with van der Waals surface area (Å²) < 4.78 is 36.0. The number of Topliss-reactive ketones (excluding diaryl/α,β-unsaturated/α-hetero) is 1. The van der Waals surface area contributed by atoms with Gasteiger partial charge in [0.1, 0.15) is 19.4 Å². The lowest BCUT2D eigenvalue weighted by Gasteiger charge is -1.97. The van der Waals surface area contributed by atoms with E-state index in [2.05, 4.69) is 14.0 Å². The summed E-state index contributed by atoms with van der Waals surface area (Å²) in [5.41, 5.74) is 0.618. The molecule has 0 aliphatic carbocycles. The number of ketones is 1. The first-order valence-electron chi connectivity index (χ1n) is 8.21. The molecule has 7 nitrogen and oxygen atoms in total. The Morgan fingerprint density at radius 2 is 1.80 bits per heavy atom. The smallest absolute Gasteiger partial charge is 0.338 e. The number of pyridine rings is 1. The van der Waals surface area contributed by atoms with Gasteiger partial charge in [0.25, 0.3) is 0 Å². The number of hydrogen-bond donors (Lipinski definition) is 0. The Morgan fingerprint density at radius 3 is 2.32 bits per heavy atom. The van der Waals surface area contributed by atoms with Crippen LogP contribution in [0.15, 0.2) is 24.5 Å². The molecule has 0 spiro atoms. The van der Waals surface area contributed by atoms with Gasteiger partial charge in [-0.2, -0.15) is 0 Å². The fourth-order valence-corrected chi connectivity index (χ4v) is 3.12. The Kier molecular flexibility index (Phi) is 15.7. The molecule has 0 aliphatic rings. The van der Waals surface area contributed by atoms with Crippen LogP contribution in [0.4, 0.5) is 0 Å². The molecule has 0 amide bonds. The second-order valence-electron chi connectivity index (χ2n) is 4.65. The van der Waals surface area contributed by atoms with E-state index < -0.39 is 16.1 Å². The molecule has 1 rings (SSSR count). The quantitative estimate of drug-likeness (QED) is 0.380. The van der Waals surface area contributed by atoms with E-state index in [-0.39, 0.29) is 5.78 Å². The van der Waals surface area contributed by atoms with Gasteiger partial charge in [0, 0.05) is 35.5 Å². The zero-order valence-electron chi connectivity index (χ0n) is 15.1. The molecule has 25 heavy (non-hydrogen) atoms. The molecule has 0 radical (unpaired) electrons. The summed E-state index contributed by atoms with van der Waals surface area (Å²) in [6.45, 7) is 6.87. The Bertz CT molecular complexity index is 505. The van der Waals surface area contributed by atoms with Crippen molar-refractivity contribution in [1.82, 2.24) is 4.98 Å². The van der Waals surface area contributed by atoms with Gasteiger partial charge >= 0.3 is 16.1 Å². The molecule has 0 aliphatic heterocycles. The van der Waals surface area contributed by atoms with Crippen molar-refractivity contribution in [2.45, 2.75) is 33.6 Å². The van der Waals surface area contributed by atoms with Gasteiger partial charge in [-0.1, -0.05) is 4.57 Å². The predicted octanol–water partition coefficient (Wildman–Crippen LogP) is 4.58. The summed E-state index contributed by atoms with van der Waals surface area (Å²) in [4.78, 5) is 15.6. The van der Waals surface area contributed by atoms with Crippen molar-refractivity contribution in [3.63, 3.8) is 0 Å². The van der Waals surface area contributed by atoms with E-state index in [1.807, 2.05) is 6.92 Å². The molecule has 1 heterocycles.